The molecule has 0 saturated heterocycles. The van der Waals surface area contributed by atoms with E-state index < -0.39 is 11.5 Å². The summed E-state index contributed by atoms with van der Waals surface area (Å²) < 4.78 is 13.3. The topological polar surface area (TPSA) is 93.0 Å². The lowest BCUT2D eigenvalue weighted by molar-refractivity contribution is 0.0285. The summed E-state index contributed by atoms with van der Waals surface area (Å²) in [5.41, 5.74) is 3.30. The second-order valence-electron chi connectivity index (χ2n) is 8.56. The Morgan fingerprint density at radius 1 is 1.12 bits per heavy atom. The van der Waals surface area contributed by atoms with Crippen LogP contribution in [0.1, 0.15) is 36.7 Å². The Morgan fingerprint density at radius 2 is 1.91 bits per heavy atom. The van der Waals surface area contributed by atoms with Gasteiger partial charge in [-0.3, -0.25) is 10.0 Å². The van der Waals surface area contributed by atoms with Gasteiger partial charge >= 0.3 is 6.09 Å². The van der Waals surface area contributed by atoms with Crippen molar-refractivity contribution >= 4 is 22.9 Å². The number of benzene rings is 2. The normalized spacial score (nSPS) is 11.3. The Morgan fingerprint density at radius 3 is 2.62 bits per heavy atom. The zero-order chi connectivity index (χ0) is 23.3. The molecule has 0 atom stereocenters. The van der Waals surface area contributed by atoms with Crippen LogP contribution < -0.4 is 10.2 Å². The second kappa shape index (κ2) is 9.74. The van der Waals surface area contributed by atoms with E-state index in [1.807, 2.05) is 67.9 Å². The van der Waals surface area contributed by atoms with E-state index >= 15 is 0 Å². The number of carbonyl (C=O) groups excluding carboxylic acids is 2. The van der Waals surface area contributed by atoms with Crippen LogP contribution in [0.2, 0.25) is 0 Å². The van der Waals surface area contributed by atoms with Crippen LogP contribution in [0.3, 0.4) is 0 Å². The molecule has 0 fully saturated rings. The molecule has 0 bridgehead atoms. The highest BCUT2D eigenvalue weighted by atomic mass is 16.6. The van der Waals surface area contributed by atoms with Gasteiger partial charge in [-0.1, -0.05) is 18.2 Å². The predicted molar refractivity (Wildman–Crippen MR) is 121 cm³/mol. The number of aromatic nitrogens is 1. The molecule has 1 heterocycles. The van der Waals surface area contributed by atoms with Crippen LogP contribution in [0.15, 0.2) is 54.7 Å². The van der Waals surface area contributed by atoms with E-state index in [-0.39, 0.29) is 6.09 Å². The second-order valence-corrected chi connectivity index (χ2v) is 8.56. The molecule has 0 spiro atoms. The van der Waals surface area contributed by atoms with Crippen molar-refractivity contribution in [1.29, 1.82) is 0 Å². The van der Waals surface area contributed by atoms with Crippen LogP contribution in [-0.4, -0.2) is 45.9 Å². The minimum Gasteiger partial charge on any atom is -0.492 e. The van der Waals surface area contributed by atoms with Crippen molar-refractivity contribution in [3.05, 3.63) is 65.9 Å². The lowest BCUT2D eigenvalue weighted by atomic mass is 10.1. The molecule has 3 aromatic rings. The van der Waals surface area contributed by atoms with Crippen molar-refractivity contribution in [2.75, 3.05) is 13.7 Å². The molecule has 8 heteroatoms. The number of hydrogen-bond donors (Lipinski definition) is 2. The smallest absolute Gasteiger partial charge is 0.410 e. The average molecular weight is 440 g/mol. The molecular weight excluding hydrogens is 410 g/mol. The van der Waals surface area contributed by atoms with Crippen molar-refractivity contribution < 1.29 is 24.3 Å². The van der Waals surface area contributed by atoms with Gasteiger partial charge in [0.05, 0.1) is 6.54 Å². The molecule has 3 rings (SSSR count). The summed E-state index contributed by atoms with van der Waals surface area (Å²) >= 11 is 0. The van der Waals surface area contributed by atoms with E-state index in [4.69, 9.17) is 14.7 Å². The van der Waals surface area contributed by atoms with Crippen molar-refractivity contribution in [2.24, 2.45) is 0 Å². The average Bonchev–Trinajstić information content (AvgIpc) is 3.14. The molecule has 2 N–H and O–H groups in total. The summed E-state index contributed by atoms with van der Waals surface area (Å²) in [6.07, 6.45) is 1.55. The summed E-state index contributed by atoms with van der Waals surface area (Å²) in [4.78, 5) is 25.4. The summed E-state index contributed by atoms with van der Waals surface area (Å²) in [5.74, 6) is 0.154. The van der Waals surface area contributed by atoms with Crippen LogP contribution in [0.4, 0.5) is 4.79 Å². The highest BCUT2D eigenvalue weighted by Gasteiger charge is 2.19. The van der Waals surface area contributed by atoms with Crippen LogP contribution in [0, 0.1) is 0 Å². The standard InChI is InChI=1S/C24H29N3O5/c1-24(2,3)32-23(29)26(4)16-17-6-5-7-20(14-17)31-13-12-27-11-10-18-8-9-19(15-21(18)27)22(28)25-30/h5-11,14-15,30H,12-13,16H2,1-4H3,(H,25,28). The molecule has 2 aromatic carbocycles. The van der Waals surface area contributed by atoms with Gasteiger partial charge in [0.15, 0.2) is 0 Å². The summed E-state index contributed by atoms with van der Waals surface area (Å²) in [7, 11) is 1.70. The van der Waals surface area contributed by atoms with Crippen LogP contribution in [0.5, 0.6) is 5.75 Å². The number of hydrogen-bond acceptors (Lipinski definition) is 5. The first-order valence-corrected chi connectivity index (χ1v) is 10.4. The number of fused-ring (bicyclic) bond motifs is 1. The predicted octanol–water partition coefficient (Wildman–Crippen LogP) is 4.21. The molecule has 32 heavy (non-hydrogen) atoms. The Kier molecular flexibility index (Phi) is 7.05. The lowest BCUT2D eigenvalue weighted by Gasteiger charge is -2.24. The minimum atomic E-state index is -0.552. The fourth-order valence-electron chi connectivity index (χ4n) is 3.26. The molecule has 2 amide bonds. The number of nitrogens with one attached hydrogen (secondary N) is 1. The van der Waals surface area contributed by atoms with Gasteiger partial charge in [0.25, 0.3) is 5.91 Å². The third kappa shape index (κ3) is 6.01. The van der Waals surface area contributed by atoms with E-state index in [2.05, 4.69) is 0 Å². The largest absolute Gasteiger partial charge is 0.492 e. The van der Waals surface area contributed by atoms with E-state index in [1.165, 1.54) is 4.90 Å². The fraction of sp³-hybridized carbons (Fsp3) is 0.333. The molecule has 1 aromatic heterocycles. The first-order chi connectivity index (χ1) is 15.2. The van der Waals surface area contributed by atoms with Gasteiger partial charge in [-0.2, -0.15) is 0 Å². The van der Waals surface area contributed by atoms with E-state index in [1.54, 1.807) is 24.7 Å². The van der Waals surface area contributed by atoms with Crippen molar-refractivity contribution in [2.45, 2.75) is 39.5 Å². The molecule has 0 aliphatic carbocycles. The minimum absolute atomic E-state index is 0.377. The maximum Gasteiger partial charge on any atom is 0.410 e. The zero-order valence-electron chi connectivity index (χ0n) is 18.8. The van der Waals surface area contributed by atoms with Crippen molar-refractivity contribution in [1.82, 2.24) is 14.9 Å². The highest BCUT2D eigenvalue weighted by molar-refractivity contribution is 5.97. The lowest BCUT2D eigenvalue weighted by Crippen LogP contribution is -2.33. The van der Waals surface area contributed by atoms with Gasteiger partial charge in [0.1, 0.15) is 18.0 Å². The number of ether oxygens (including phenoxy) is 2. The molecule has 0 radical (unpaired) electrons. The third-order valence-electron chi connectivity index (χ3n) is 4.76. The molecule has 0 aliphatic heterocycles. The molecular formula is C24H29N3O5. The van der Waals surface area contributed by atoms with E-state index in [9.17, 15) is 9.59 Å². The van der Waals surface area contributed by atoms with Gasteiger partial charge in [0, 0.05) is 30.9 Å². The first-order valence-electron chi connectivity index (χ1n) is 10.4. The Hall–Kier alpha value is -3.52. The summed E-state index contributed by atoms with van der Waals surface area (Å²) in [5, 5.41) is 9.84. The maximum absolute atomic E-state index is 12.2. The Bertz CT molecular complexity index is 1100. The number of nitrogens with zero attached hydrogens (tertiary/aromatic N) is 2. The Labute approximate surface area is 187 Å². The SMILES string of the molecule is CN(Cc1cccc(OCCn2ccc3ccc(C(=O)NO)cc32)c1)C(=O)OC(C)(C)C. The molecule has 0 aliphatic rings. The quantitative estimate of drug-likeness (QED) is 0.425. The van der Waals surface area contributed by atoms with Gasteiger partial charge in [-0.05, 0) is 62.1 Å². The van der Waals surface area contributed by atoms with Gasteiger partial charge < -0.3 is 18.9 Å². The van der Waals surface area contributed by atoms with Gasteiger partial charge in [-0.15, -0.1) is 0 Å². The molecule has 170 valence electrons. The van der Waals surface area contributed by atoms with E-state index in [0.29, 0.717) is 31.0 Å². The summed E-state index contributed by atoms with van der Waals surface area (Å²) in [6.45, 7) is 6.92. The van der Waals surface area contributed by atoms with Crippen molar-refractivity contribution in [3.63, 3.8) is 0 Å². The van der Waals surface area contributed by atoms with E-state index in [0.717, 1.165) is 16.5 Å². The number of hydroxylamine groups is 1. The van der Waals surface area contributed by atoms with Crippen LogP contribution in [0.25, 0.3) is 10.9 Å². The van der Waals surface area contributed by atoms with Gasteiger partial charge in [-0.25, -0.2) is 10.3 Å². The summed E-state index contributed by atoms with van der Waals surface area (Å²) in [6, 6.07) is 14.8. The van der Waals surface area contributed by atoms with Gasteiger partial charge in [0.2, 0.25) is 0 Å². The monoisotopic (exact) mass is 439 g/mol. The first kappa shape index (κ1) is 23.1. The van der Waals surface area contributed by atoms with Crippen molar-refractivity contribution in [3.8, 4) is 5.75 Å². The Balaban J connectivity index is 1.60. The third-order valence-corrected chi connectivity index (χ3v) is 4.76. The van der Waals surface area contributed by atoms with Crippen LogP contribution in [-0.2, 0) is 17.8 Å². The molecule has 0 unspecified atom stereocenters. The maximum atomic E-state index is 12.2. The molecule has 0 saturated carbocycles. The fourth-order valence-corrected chi connectivity index (χ4v) is 3.26. The van der Waals surface area contributed by atoms with Crippen LogP contribution >= 0.6 is 0 Å². The number of rotatable bonds is 7. The number of carbonyl (C=O) groups is 2. The number of amides is 2. The molecule has 8 nitrogen and oxygen atoms in total. The highest BCUT2D eigenvalue weighted by Crippen LogP contribution is 2.19. The zero-order valence-corrected chi connectivity index (χ0v) is 18.8.